The fraction of sp³-hybridized carbons (Fsp3) is 0.224. The van der Waals surface area contributed by atoms with Crippen molar-refractivity contribution in [3.8, 4) is 11.1 Å². The van der Waals surface area contributed by atoms with E-state index in [1.807, 2.05) is 42.5 Å². The van der Waals surface area contributed by atoms with Gasteiger partial charge in [-0.15, -0.1) is 0 Å². The quantitative estimate of drug-likeness (QED) is 0.104. The van der Waals surface area contributed by atoms with Gasteiger partial charge in [0.05, 0.1) is 32.5 Å². The maximum atomic E-state index is 12.4. The van der Waals surface area contributed by atoms with Gasteiger partial charge >= 0.3 is 6.61 Å². The molecule has 2 unspecified atom stereocenters. The monoisotopic (exact) mass is 752 g/mol. The van der Waals surface area contributed by atoms with Crippen molar-refractivity contribution in [2.45, 2.75) is 51.6 Å². The second-order valence-electron chi connectivity index (χ2n) is 14.4. The first-order valence-electron chi connectivity index (χ1n) is 19.0. The molecule has 0 N–H and O–H groups in total. The minimum absolute atomic E-state index is 0.0150. The number of hydrogen-bond acceptors (Lipinski definition) is 3. The Balaban J connectivity index is 1.13. The standard InChI is InChI=1S/C49H43ClF2O3/c50-47-24-20-37(28-39(47)27-34-17-15-33(16-18-34)25-26-54-49(51)52)45-29-46-42(40-13-7-8-14-41(40)45)22-23-44-43(46)21-19-38(32-53-30-35-9-3-1-4-10-35)48(44)55-31-36-11-5-2-6-12-36/h1-18,20,22-24,28-29,38,48-49H,19,21,25-27,30-32H2. The first kappa shape index (κ1) is 37.0. The molecule has 0 heterocycles. The Kier molecular flexibility index (Phi) is 11.6. The van der Waals surface area contributed by atoms with Crippen molar-refractivity contribution in [2.24, 2.45) is 5.92 Å². The number of halogens is 3. The third kappa shape index (κ3) is 8.66. The lowest BCUT2D eigenvalue weighted by Gasteiger charge is -2.34. The van der Waals surface area contributed by atoms with Crippen molar-refractivity contribution >= 4 is 33.1 Å². The Hall–Kier alpha value is -4.91. The zero-order valence-corrected chi connectivity index (χ0v) is 31.4. The molecule has 0 spiro atoms. The van der Waals surface area contributed by atoms with Crippen molar-refractivity contribution in [3.05, 3.63) is 190 Å². The van der Waals surface area contributed by atoms with Crippen molar-refractivity contribution in [1.82, 2.24) is 0 Å². The van der Waals surface area contributed by atoms with Gasteiger partial charge in [-0.05, 0) is 115 Å². The number of ether oxygens (including phenoxy) is 3. The Bertz CT molecular complexity index is 2360. The summed E-state index contributed by atoms with van der Waals surface area (Å²) in [6.07, 6.45) is 2.87. The molecule has 8 rings (SSSR count). The second kappa shape index (κ2) is 17.3. The molecule has 0 aromatic heterocycles. The maximum absolute atomic E-state index is 12.4. The first-order chi connectivity index (χ1) is 27.0. The zero-order valence-electron chi connectivity index (χ0n) is 30.6. The van der Waals surface area contributed by atoms with E-state index in [1.165, 1.54) is 43.8 Å². The van der Waals surface area contributed by atoms with Crippen LogP contribution in [0.25, 0.3) is 32.7 Å². The number of fused-ring (bicyclic) bond motifs is 5. The predicted molar refractivity (Wildman–Crippen MR) is 219 cm³/mol. The molecule has 55 heavy (non-hydrogen) atoms. The molecular weight excluding hydrogens is 710 g/mol. The van der Waals surface area contributed by atoms with E-state index < -0.39 is 6.61 Å². The molecule has 278 valence electrons. The van der Waals surface area contributed by atoms with Gasteiger partial charge in [-0.1, -0.05) is 139 Å². The summed E-state index contributed by atoms with van der Waals surface area (Å²) in [6, 6.07) is 50.7. The molecule has 0 bridgehead atoms. The molecule has 0 saturated carbocycles. The summed E-state index contributed by atoms with van der Waals surface area (Å²) in [7, 11) is 0. The highest BCUT2D eigenvalue weighted by Crippen LogP contribution is 2.44. The number of alkyl halides is 2. The van der Waals surface area contributed by atoms with Crippen LogP contribution in [-0.4, -0.2) is 19.8 Å². The maximum Gasteiger partial charge on any atom is 0.345 e. The molecule has 0 fully saturated rings. The third-order valence-corrected chi connectivity index (χ3v) is 11.2. The van der Waals surface area contributed by atoms with Gasteiger partial charge in [0, 0.05) is 10.9 Å². The van der Waals surface area contributed by atoms with Crippen LogP contribution in [0.3, 0.4) is 0 Å². The Morgan fingerprint density at radius 2 is 1.31 bits per heavy atom. The van der Waals surface area contributed by atoms with Crippen LogP contribution in [0.15, 0.2) is 146 Å². The number of rotatable bonds is 14. The smallest absolute Gasteiger partial charge is 0.345 e. The van der Waals surface area contributed by atoms with Gasteiger partial charge in [0.15, 0.2) is 0 Å². The highest BCUT2D eigenvalue weighted by atomic mass is 35.5. The van der Waals surface area contributed by atoms with Crippen LogP contribution in [0.4, 0.5) is 8.78 Å². The Labute approximate surface area is 326 Å². The highest BCUT2D eigenvalue weighted by Gasteiger charge is 2.32. The molecule has 7 aromatic carbocycles. The van der Waals surface area contributed by atoms with Crippen LogP contribution in [0.5, 0.6) is 0 Å². The molecule has 3 nitrogen and oxygen atoms in total. The van der Waals surface area contributed by atoms with E-state index in [1.54, 1.807) is 0 Å². The SMILES string of the molecule is FC(F)OCCc1ccc(Cc2cc(-c3cc4c5c(ccc4c4ccccc34)C(OCc3ccccc3)C(COCc3ccccc3)CC5)ccc2Cl)cc1. The van der Waals surface area contributed by atoms with Crippen molar-refractivity contribution in [1.29, 1.82) is 0 Å². The van der Waals surface area contributed by atoms with E-state index in [4.69, 9.17) is 21.1 Å². The molecule has 1 aliphatic carbocycles. The number of hydrogen-bond donors (Lipinski definition) is 0. The summed E-state index contributed by atoms with van der Waals surface area (Å²) < 4.78 is 42.5. The van der Waals surface area contributed by atoms with Gasteiger partial charge < -0.3 is 14.2 Å². The lowest BCUT2D eigenvalue weighted by molar-refractivity contribution is -0.127. The van der Waals surface area contributed by atoms with Gasteiger partial charge in [-0.25, -0.2) is 0 Å². The summed E-state index contributed by atoms with van der Waals surface area (Å²) in [6.45, 7) is -1.03. The summed E-state index contributed by atoms with van der Waals surface area (Å²) in [4.78, 5) is 0. The molecule has 0 saturated heterocycles. The average Bonchev–Trinajstić information content (AvgIpc) is 3.22. The molecule has 6 heteroatoms. The van der Waals surface area contributed by atoms with Gasteiger partial charge in [-0.2, -0.15) is 8.78 Å². The topological polar surface area (TPSA) is 27.7 Å². The summed E-state index contributed by atoms with van der Waals surface area (Å²) in [5.74, 6) is 0.219. The van der Waals surface area contributed by atoms with Crippen molar-refractivity contribution < 1.29 is 23.0 Å². The average molecular weight is 753 g/mol. The van der Waals surface area contributed by atoms with E-state index in [0.717, 1.165) is 40.7 Å². The zero-order chi connectivity index (χ0) is 37.6. The lowest BCUT2D eigenvalue weighted by atomic mass is 9.78. The van der Waals surface area contributed by atoms with Gasteiger partial charge in [-0.3, -0.25) is 0 Å². The highest BCUT2D eigenvalue weighted by molar-refractivity contribution is 6.31. The van der Waals surface area contributed by atoms with Crippen molar-refractivity contribution in [2.75, 3.05) is 13.2 Å². The van der Waals surface area contributed by atoms with Crippen LogP contribution in [-0.2, 0) is 46.7 Å². The summed E-state index contributed by atoms with van der Waals surface area (Å²) in [5, 5.41) is 5.62. The fourth-order valence-electron chi connectivity index (χ4n) is 8.02. The summed E-state index contributed by atoms with van der Waals surface area (Å²) in [5.41, 5.74) is 10.3. The van der Waals surface area contributed by atoms with E-state index >= 15 is 0 Å². The minimum atomic E-state index is -2.75. The minimum Gasteiger partial charge on any atom is -0.376 e. The van der Waals surface area contributed by atoms with Crippen LogP contribution in [0.1, 0.15) is 51.5 Å². The van der Waals surface area contributed by atoms with Gasteiger partial charge in [0.2, 0.25) is 0 Å². The molecule has 0 amide bonds. The Morgan fingerprint density at radius 3 is 2.05 bits per heavy atom. The van der Waals surface area contributed by atoms with E-state index in [0.29, 0.717) is 37.7 Å². The molecular formula is C49H43ClF2O3. The van der Waals surface area contributed by atoms with Gasteiger partial charge in [0.25, 0.3) is 0 Å². The predicted octanol–water partition coefficient (Wildman–Crippen LogP) is 12.7. The van der Waals surface area contributed by atoms with Gasteiger partial charge in [0.1, 0.15) is 0 Å². The van der Waals surface area contributed by atoms with Crippen LogP contribution in [0, 0.1) is 5.92 Å². The first-order valence-corrected chi connectivity index (χ1v) is 19.4. The molecule has 7 aromatic rings. The fourth-order valence-corrected chi connectivity index (χ4v) is 8.21. The number of benzene rings is 7. The molecule has 2 atom stereocenters. The Morgan fingerprint density at radius 1 is 0.636 bits per heavy atom. The lowest BCUT2D eigenvalue weighted by Crippen LogP contribution is -2.27. The normalized spacial score (nSPS) is 15.5. The van der Waals surface area contributed by atoms with Crippen molar-refractivity contribution in [3.63, 3.8) is 0 Å². The largest absolute Gasteiger partial charge is 0.376 e. The second-order valence-corrected chi connectivity index (χ2v) is 14.8. The van der Waals surface area contributed by atoms with E-state index in [2.05, 4.69) is 108 Å². The summed E-state index contributed by atoms with van der Waals surface area (Å²) >= 11 is 6.83. The third-order valence-electron chi connectivity index (χ3n) is 10.8. The molecule has 1 aliphatic rings. The van der Waals surface area contributed by atoms with E-state index in [9.17, 15) is 8.78 Å². The van der Waals surface area contributed by atoms with E-state index in [-0.39, 0.29) is 18.6 Å². The van der Waals surface area contributed by atoms with Crippen LogP contribution in [0.2, 0.25) is 5.02 Å². The molecule has 0 aliphatic heterocycles. The van der Waals surface area contributed by atoms with Crippen LogP contribution >= 0.6 is 11.6 Å². The number of aryl methyl sites for hydroxylation is 1. The van der Waals surface area contributed by atoms with Crippen LogP contribution < -0.4 is 0 Å². The molecule has 0 radical (unpaired) electrons.